The van der Waals surface area contributed by atoms with Crippen LogP contribution in [-0.2, 0) is 16.0 Å². The van der Waals surface area contributed by atoms with E-state index in [-0.39, 0.29) is 17.7 Å². The number of carbonyl (C=O) groups excluding carboxylic acids is 2. The first-order chi connectivity index (χ1) is 13.6. The van der Waals surface area contributed by atoms with Gasteiger partial charge < -0.3 is 14.7 Å². The van der Waals surface area contributed by atoms with Crippen molar-refractivity contribution in [2.45, 2.75) is 51.0 Å². The van der Waals surface area contributed by atoms with Crippen molar-refractivity contribution >= 4 is 11.8 Å². The van der Waals surface area contributed by atoms with Crippen LogP contribution in [0.4, 0.5) is 0 Å². The number of rotatable bonds is 7. The van der Waals surface area contributed by atoms with Crippen LogP contribution in [0.25, 0.3) is 11.3 Å². The lowest BCUT2D eigenvalue weighted by atomic mass is 9.88. The van der Waals surface area contributed by atoms with Crippen LogP contribution in [0.2, 0.25) is 0 Å². The van der Waals surface area contributed by atoms with Crippen LogP contribution >= 0.6 is 0 Å². The zero-order valence-corrected chi connectivity index (χ0v) is 16.3. The summed E-state index contributed by atoms with van der Waals surface area (Å²) in [6.07, 6.45) is 4.57. The summed E-state index contributed by atoms with van der Waals surface area (Å²) in [5.74, 6) is 0.775. The molecular weight excluding hydrogens is 354 g/mol. The molecular formula is C22H27N3O3. The number of amides is 2. The highest BCUT2D eigenvalue weighted by Crippen LogP contribution is 2.40. The van der Waals surface area contributed by atoms with Crippen LogP contribution in [0.5, 0.6) is 0 Å². The highest BCUT2D eigenvalue weighted by atomic mass is 16.5. The number of likely N-dealkylation sites (tertiary alicyclic amines) is 1. The molecule has 6 nitrogen and oxygen atoms in total. The van der Waals surface area contributed by atoms with E-state index < -0.39 is 5.54 Å². The highest BCUT2D eigenvalue weighted by molar-refractivity contribution is 5.93. The molecule has 4 rings (SSSR count). The largest absolute Gasteiger partial charge is 0.361 e. The Hall–Kier alpha value is -2.63. The van der Waals surface area contributed by atoms with Crippen molar-refractivity contribution in [2.24, 2.45) is 5.92 Å². The Morgan fingerprint density at radius 3 is 2.79 bits per heavy atom. The van der Waals surface area contributed by atoms with Crippen molar-refractivity contribution in [3.8, 4) is 11.3 Å². The molecule has 1 unspecified atom stereocenters. The summed E-state index contributed by atoms with van der Waals surface area (Å²) in [6.45, 7) is 3.27. The lowest BCUT2D eigenvalue weighted by molar-refractivity contribution is -0.146. The Bertz CT molecular complexity index is 844. The smallest absolute Gasteiger partial charge is 0.246 e. The van der Waals surface area contributed by atoms with Crippen molar-refractivity contribution in [3.05, 3.63) is 42.2 Å². The highest BCUT2D eigenvalue weighted by Gasteiger charge is 2.52. The van der Waals surface area contributed by atoms with Crippen LogP contribution < -0.4 is 5.32 Å². The van der Waals surface area contributed by atoms with Gasteiger partial charge >= 0.3 is 0 Å². The lowest BCUT2D eigenvalue weighted by Gasteiger charge is -2.36. The Balaban J connectivity index is 1.61. The zero-order valence-electron chi connectivity index (χ0n) is 16.3. The minimum absolute atomic E-state index is 0.0708. The van der Waals surface area contributed by atoms with Gasteiger partial charge in [-0.1, -0.05) is 42.4 Å². The molecule has 0 spiro atoms. The summed E-state index contributed by atoms with van der Waals surface area (Å²) in [4.78, 5) is 27.9. The average Bonchev–Trinajstić information content (AvgIpc) is 3.33. The number of aromatic nitrogens is 1. The predicted octanol–water partition coefficient (Wildman–Crippen LogP) is 3.18. The van der Waals surface area contributed by atoms with Crippen molar-refractivity contribution in [2.75, 3.05) is 13.1 Å². The monoisotopic (exact) mass is 381 g/mol. The third-order valence-electron chi connectivity index (χ3n) is 5.73. The van der Waals surface area contributed by atoms with Gasteiger partial charge in [-0.2, -0.15) is 0 Å². The Labute approximate surface area is 165 Å². The fourth-order valence-corrected chi connectivity index (χ4v) is 4.08. The Morgan fingerprint density at radius 2 is 2.07 bits per heavy atom. The van der Waals surface area contributed by atoms with Crippen molar-refractivity contribution in [3.63, 3.8) is 0 Å². The molecule has 1 atom stereocenters. The van der Waals surface area contributed by atoms with Crippen molar-refractivity contribution in [1.29, 1.82) is 0 Å². The molecule has 1 saturated heterocycles. The van der Waals surface area contributed by atoms with Gasteiger partial charge in [-0.05, 0) is 32.1 Å². The maximum absolute atomic E-state index is 13.2. The number of hydrogen-bond donors (Lipinski definition) is 1. The third-order valence-corrected chi connectivity index (χ3v) is 5.73. The molecule has 1 aromatic carbocycles. The summed E-state index contributed by atoms with van der Waals surface area (Å²) < 4.78 is 5.60. The second kappa shape index (κ2) is 7.78. The number of carbonyl (C=O) groups is 2. The van der Waals surface area contributed by atoms with Gasteiger partial charge in [-0.3, -0.25) is 9.59 Å². The second-order valence-corrected chi connectivity index (χ2v) is 7.88. The molecule has 1 N–H and O–H groups in total. The van der Waals surface area contributed by atoms with E-state index in [2.05, 4.69) is 10.5 Å². The SMILES string of the molecule is CCCNC(=O)C1(Cc2cc(-c3ccccc3)no2)CCCN1C(=O)C1CC1. The molecule has 2 aromatic rings. The fourth-order valence-electron chi connectivity index (χ4n) is 4.08. The van der Waals surface area contributed by atoms with Crippen molar-refractivity contribution in [1.82, 2.24) is 15.4 Å². The molecule has 28 heavy (non-hydrogen) atoms. The average molecular weight is 381 g/mol. The van der Waals surface area contributed by atoms with Crippen LogP contribution in [0.3, 0.4) is 0 Å². The topological polar surface area (TPSA) is 75.4 Å². The molecule has 0 bridgehead atoms. The first-order valence-electron chi connectivity index (χ1n) is 10.2. The van der Waals surface area contributed by atoms with E-state index in [4.69, 9.17) is 4.52 Å². The Kier molecular flexibility index (Phi) is 5.20. The Morgan fingerprint density at radius 1 is 1.29 bits per heavy atom. The lowest BCUT2D eigenvalue weighted by Crippen LogP contribution is -2.59. The van der Waals surface area contributed by atoms with E-state index in [1.165, 1.54) is 0 Å². The van der Waals surface area contributed by atoms with Gasteiger partial charge in [0.2, 0.25) is 11.8 Å². The van der Waals surface area contributed by atoms with E-state index in [0.29, 0.717) is 31.7 Å². The molecule has 6 heteroatoms. The van der Waals surface area contributed by atoms with Gasteiger partial charge in [-0.25, -0.2) is 0 Å². The molecule has 148 valence electrons. The van der Waals surface area contributed by atoms with Crippen LogP contribution in [0, 0.1) is 5.92 Å². The summed E-state index contributed by atoms with van der Waals surface area (Å²) >= 11 is 0. The predicted molar refractivity (Wildman–Crippen MR) is 105 cm³/mol. The van der Waals surface area contributed by atoms with Crippen molar-refractivity contribution < 1.29 is 14.1 Å². The molecule has 2 amide bonds. The van der Waals surface area contributed by atoms with E-state index in [1.54, 1.807) is 0 Å². The van der Waals surface area contributed by atoms with Crippen LogP contribution in [-0.4, -0.2) is 40.5 Å². The molecule has 2 heterocycles. The summed E-state index contributed by atoms with van der Waals surface area (Å²) in [5, 5.41) is 7.21. The maximum Gasteiger partial charge on any atom is 0.246 e. The quantitative estimate of drug-likeness (QED) is 0.799. The molecule has 1 saturated carbocycles. The number of benzene rings is 1. The normalized spacial score (nSPS) is 21.7. The number of nitrogens with one attached hydrogen (secondary N) is 1. The fraction of sp³-hybridized carbons (Fsp3) is 0.500. The standard InChI is InChI=1S/C22H27N3O3/c1-2-12-23-21(27)22(11-6-13-25(22)20(26)17-9-10-17)15-18-14-19(24-28-18)16-7-4-3-5-8-16/h3-5,7-8,14,17H,2,6,9-13,15H2,1H3,(H,23,27). The second-order valence-electron chi connectivity index (χ2n) is 7.88. The van der Waals surface area contributed by atoms with E-state index in [0.717, 1.165) is 36.9 Å². The van der Waals surface area contributed by atoms with Crippen LogP contribution in [0.15, 0.2) is 40.9 Å². The molecule has 1 aliphatic heterocycles. The summed E-state index contributed by atoms with van der Waals surface area (Å²) in [6, 6.07) is 11.7. The number of hydrogen-bond acceptors (Lipinski definition) is 4. The third kappa shape index (κ3) is 3.55. The van der Waals surface area contributed by atoms with E-state index >= 15 is 0 Å². The molecule has 2 fully saturated rings. The molecule has 2 aliphatic rings. The van der Waals surface area contributed by atoms with Gasteiger partial charge in [0.05, 0.1) is 0 Å². The van der Waals surface area contributed by atoms with Gasteiger partial charge in [0.15, 0.2) is 0 Å². The van der Waals surface area contributed by atoms with Gasteiger partial charge in [0, 0.05) is 37.1 Å². The van der Waals surface area contributed by atoms with Crippen LogP contribution in [0.1, 0.15) is 44.8 Å². The zero-order chi connectivity index (χ0) is 19.6. The number of nitrogens with zero attached hydrogens (tertiary/aromatic N) is 2. The summed E-state index contributed by atoms with van der Waals surface area (Å²) in [5.41, 5.74) is 0.847. The maximum atomic E-state index is 13.2. The first-order valence-corrected chi connectivity index (χ1v) is 10.2. The van der Waals surface area contributed by atoms with Gasteiger partial charge in [-0.15, -0.1) is 0 Å². The van der Waals surface area contributed by atoms with Gasteiger partial charge in [0.25, 0.3) is 0 Å². The van der Waals surface area contributed by atoms with E-state index in [1.807, 2.05) is 48.2 Å². The van der Waals surface area contributed by atoms with E-state index in [9.17, 15) is 9.59 Å². The molecule has 0 radical (unpaired) electrons. The summed E-state index contributed by atoms with van der Waals surface area (Å²) in [7, 11) is 0. The molecule has 1 aliphatic carbocycles. The minimum atomic E-state index is -0.873. The minimum Gasteiger partial charge on any atom is -0.361 e. The van der Waals surface area contributed by atoms with Gasteiger partial charge in [0.1, 0.15) is 17.0 Å². The molecule has 1 aromatic heterocycles. The first kappa shape index (κ1) is 18.7.